The number of hydrogen-bond acceptors (Lipinski definition) is 1. The highest BCUT2D eigenvalue weighted by Gasteiger charge is 2.46. The molecule has 2 heteroatoms. The van der Waals surface area contributed by atoms with Crippen LogP contribution in [0.25, 0.3) is 11.1 Å². The molecule has 0 N–H and O–H groups in total. The molecular weight excluding hydrogens is 465 g/mol. The molecule has 0 bridgehead atoms. The van der Waals surface area contributed by atoms with Gasteiger partial charge in [-0.3, -0.25) is 0 Å². The highest BCUT2D eigenvalue weighted by molar-refractivity contribution is 7.75. The highest BCUT2D eigenvalue weighted by Crippen LogP contribution is 2.59. The van der Waals surface area contributed by atoms with Gasteiger partial charge in [0, 0.05) is 39.7 Å². The lowest BCUT2D eigenvalue weighted by molar-refractivity contribution is 0.568. The normalized spacial score (nSPS) is 20.9. The van der Waals surface area contributed by atoms with E-state index in [9.17, 15) is 0 Å². The van der Waals surface area contributed by atoms with Gasteiger partial charge in [-0.15, -0.1) is 0 Å². The summed E-state index contributed by atoms with van der Waals surface area (Å²) in [4.78, 5) is 0. The first-order valence-corrected chi connectivity index (χ1v) is 14.6. The van der Waals surface area contributed by atoms with Gasteiger partial charge in [0.1, 0.15) is 0 Å². The number of anilines is 1. The van der Waals surface area contributed by atoms with E-state index in [1.54, 1.807) is 0 Å². The molecule has 5 aromatic carbocycles. The summed E-state index contributed by atoms with van der Waals surface area (Å²) in [6, 6.07) is 52.3. The third kappa shape index (κ3) is 3.90. The first-order chi connectivity index (χ1) is 18.4. The van der Waals surface area contributed by atoms with Crippen LogP contribution in [0.5, 0.6) is 0 Å². The van der Waals surface area contributed by atoms with E-state index < -0.39 is 8.07 Å². The quantitative estimate of drug-likeness (QED) is 0.227. The monoisotopic (exact) mass is 495 g/mol. The van der Waals surface area contributed by atoms with E-state index in [1.807, 2.05) is 0 Å². The number of nitrogens with zero attached hydrogens (tertiary/aromatic N) is 1. The summed E-state index contributed by atoms with van der Waals surface area (Å²) < 4.78 is 2.87. The van der Waals surface area contributed by atoms with Gasteiger partial charge >= 0.3 is 0 Å². The molecule has 3 atom stereocenters. The van der Waals surface area contributed by atoms with Crippen LogP contribution in [0.1, 0.15) is 35.8 Å². The lowest BCUT2D eigenvalue weighted by Gasteiger charge is -2.47. The van der Waals surface area contributed by atoms with Crippen LogP contribution in [0.15, 0.2) is 140 Å². The second kappa shape index (κ2) is 9.66. The second-order valence-electron chi connectivity index (χ2n) is 10.1. The maximum atomic E-state index is 2.87. The van der Waals surface area contributed by atoms with Crippen molar-refractivity contribution in [2.75, 3.05) is 4.67 Å². The van der Waals surface area contributed by atoms with E-state index in [4.69, 9.17) is 0 Å². The molecule has 0 radical (unpaired) electrons. The van der Waals surface area contributed by atoms with Crippen molar-refractivity contribution in [3.8, 4) is 11.1 Å². The molecule has 180 valence electrons. The van der Waals surface area contributed by atoms with E-state index in [1.165, 1.54) is 51.4 Å². The minimum atomic E-state index is -0.744. The van der Waals surface area contributed by atoms with Crippen LogP contribution in [0.2, 0.25) is 0 Å². The minimum Gasteiger partial charge on any atom is -0.338 e. The molecule has 1 fully saturated rings. The molecule has 1 unspecified atom stereocenters. The van der Waals surface area contributed by atoms with Gasteiger partial charge in [-0.2, -0.15) is 0 Å². The van der Waals surface area contributed by atoms with Crippen molar-refractivity contribution in [3.05, 3.63) is 151 Å². The first-order valence-electron chi connectivity index (χ1n) is 13.3. The summed E-state index contributed by atoms with van der Waals surface area (Å²) in [6.45, 7) is 0. The van der Waals surface area contributed by atoms with Gasteiger partial charge in [-0.1, -0.05) is 133 Å². The third-order valence-corrected chi connectivity index (χ3v) is 10.7. The van der Waals surface area contributed by atoms with Crippen molar-refractivity contribution in [1.82, 2.24) is 0 Å². The fourth-order valence-corrected chi connectivity index (χ4v) is 9.43. The van der Waals surface area contributed by atoms with Crippen molar-refractivity contribution in [1.29, 1.82) is 0 Å². The average molecular weight is 496 g/mol. The number of rotatable bonds is 4. The summed E-state index contributed by atoms with van der Waals surface area (Å²) in [5, 5.41) is 2.89. The van der Waals surface area contributed by atoms with E-state index in [0.29, 0.717) is 17.9 Å². The molecule has 0 spiro atoms. The molecule has 1 heterocycles. The van der Waals surface area contributed by atoms with Gasteiger partial charge in [0.2, 0.25) is 0 Å². The van der Waals surface area contributed by atoms with Crippen molar-refractivity contribution in [2.24, 2.45) is 0 Å². The third-order valence-electron chi connectivity index (χ3n) is 8.14. The lowest BCUT2D eigenvalue weighted by atomic mass is 9.87. The maximum Gasteiger partial charge on any atom is 0.0559 e. The molecule has 7 rings (SSSR count). The molecule has 0 saturated heterocycles. The second-order valence-corrected chi connectivity index (χ2v) is 12.2. The Morgan fingerprint density at radius 3 is 1.59 bits per heavy atom. The Morgan fingerprint density at radius 2 is 0.973 bits per heavy atom. The zero-order valence-electron chi connectivity index (χ0n) is 20.8. The summed E-state index contributed by atoms with van der Waals surface area (Å²) in [7, 11) is -0.744. The predicted molar refractivity (Wildman–Crippen MR) is 158 cm³/mol. The first kappa shape index (κ1) is 22.5. The number of benzene rings is 5. The molecule has 5 aromatic rings. The predicted octanol–water partition coefficient (Wildman–Crippen LogP) is 8.25. The molecule has 1 saturated carbocycles. The summed E-state index contributed by atoms with van der Waals surface area (Å²) in [5.41, 5.74) is 7.05. The van der Waals surface area contributed by atoms with E-state index in [0.717, 1.165) is 0 Å². The van der Waals surface area contributed by atoms with Gasteiger partial charge in [0.15, 0.2) is 0 Å². The maximum absolute atomic E-state index is 2.87. The molecule has 1 aliphatic heterocycles. The fourth-order valence-electron chi connectivity index (χ4n) is 6.59. The Kier molecular flexibility index (Phi) is 5.88. The van der Waals surface area contributed by atoms with Crippen LogP contribution < -0.4 is 15.3 Å². The smallest absolute Gasteiger partial charge is 0.0559 e. The molecule has 0 amide bonds. The molecule has 2 aliphatic rings. The topological polar surface area (TPSA) is 3.24 Å². The largest absolute Gasteiger partial charge is 0.338 e. The van der Waals surface area contributed by atoms with Crippen molar-refractivity contribution in [3.63, 3.8) is 0 Å². The Balaban J connectivity index is 1.49. The zero-order valence-corrected chi connectivity index (χ0v) is 21.7. The summed E-state index contributed by atoms with van der Waals surface area (Å²) >= 11 is 0. The Labute approximate surface area is 221 Å². The Morgan fingerprint density at radius 1 is 0.486 bits per heavy atom. The lowest BCUT2D eigenvalue weighted by Crippen LogP contribution is -2.43. The van der Waals surface area contributed by atoms with Crippen LogP contribution in [-0.2, 0) is 0 Å². The van der Waals surface area contributed by atoms with Gasteiger partial charge in [0.25, 0.3) is 0 Å². The minimum absolute atomic E-state index is 0.366. The number of para-hydroxylation sites is 1. The van der Waals surface area contributed by atoms with Crippen LogP contribution in [0, 0.1) is 0 Å². The van der Waals surface area contributed by atoms with E-state index in [2.05, 4.69) is 144 Å². The number of fused-ring (bicyclic) bond motifs is 3. The zero-order chi connectivity index (χ0) is 24.6. The Hall–Kier alpha value is -3.67. The molecule has 37 heavy (non-hydrogen) atoms. The van der Waals surface area contributed by atoms with Crippen LogP contribution in [-0.4, -0.2) is 6.04 Å². The average Bonchev–Trinajstić information content (AvgIpc) is 3.42. The van der Waals surface area contributed by atoms with Gasteiger partial charge in [0.05, 0.1) is 8.07 Å². The van der Waals surface area contributed by atoms with Crippen LogP contribution in [0.3, 0.4) is 0 Å². The molecule has 1 aliphatic carbocycles. The van der Waals surface area contributed by atoms with Gasteiger partial charge < -0.3 is 4.67 Å². The molecule has 1 nitrogen and oxygen atoms in total. The van der Waals surface area contributed by atoms with Crippen LogP contribution in [0.4, 0.5) is 5.69 Å². The standard InChI is InChI=1S/C35H30NP/c1-4-14-26(15-5-1)29-24-25-30(27-16-6-2-7-17-27)35(29)36-33-22-12-10-20-31(33)32-21-11-13-23-34(32)37(36)28-18-8-3-9-19-28/h1-23,29-30,35H,24-25H2/t29-,30-,37?/m0/s1. The van der Waals surface area contributed by atoms with Gasteiger partial charge in [-0.25, -0.2) is 0 Å². The van der Waals surface area contributed by atoms with E-state index >= 15 is 0 Å². The Bertz CT molecular complexity index is 1450. The van der Waals surface area contributed by atoms with Crippen molar-refractivity contribution >= 4 is 24.4 Å². The SMILES string of the molecule is c1ccc([C@@H]2CC[C@@H](c3ccccc3)C2N2c3ccccc3-c3ccccc3P2c2ccccc2)cc1. The summed E-state index contributed by atoms with van der Waals surface area (Å²) in [5.74, 6) is 0.942. The van der Waals surface area contributed by atoms with Gasteiger partial charge in [-0.05, 0) is 35.6 Å². The highest BCUT2D eigenvalue weighted by atomic mass is 31.1. The molecular formula is C35H30NP. The van der Waals surface area contributed by atoms with Crippen molar-refractivity contribution in [2.45, 2.75) is 30.7 Å². The van der Waals surface area contributed by atoms with Crippen LogP contribution >= 0.6 is 8.07 Å². The molecule has 0 aromatic heterocycles. The fraction of sp³-hybridized carbons (Fsp3) is 0.143. The van der Waals surface area contributed by atoms with E-state index in [-0.39, 0.29) is 0 Å². The summed E-state index contributed by atoms with van der Waals surface area (Å²) in [6.07, 6.45) is 2.40. The van der Waals surface area contributed by atoms with Crippen molar-refractivity contribution < 1.29 is 0 Å². The number of hydrogen-bond donors (Lipinski definition) is 0.